The van der Waals surface area contributed by atoms with Crippen LogP contribution in [0.3, 0.4) is 0 Å². The third-order valence-electron chi connectivity index (χ3n) is 2.46. The third kappa shape index (κ3) is 2.13. The lowest BCUT2D eigenvalue weighted by Gasteiger charge is -2.14. The fourth-order valence-electron chi connectivity index (χ4n) is 1.61. The summed E-state index contributed by atoms with van der Waals surface area (Å²) in [5.41, 5.74) is 0.552. The summed E-state index contributed by atoms with van der Waals surface area (Å²) in [6.07, 6.45) is 1.75. The normalized spacial score (nSPS) is 11.8. The highest BCUT2D eigenvalue weighted by Crippen LogP contribution is 2.29. The largest absolute Gasteiger partial charge is 0.475 e. The minimum atomic E-state index is -1.12. The molecule has 0 aliphatic heterocycles. The van der Waals surface area contributed by atoms with Crippen LogP contribution in [-0.4, -0.2) is 25.8 Å². The van der Waals surface area contributed by atoms with E-state index in [4.69, 9.17) is 9.52 Å². The van der Waals surface area contributed by atoms with Crippen molar-refractivity contribution in [3.63, 3.8) is 0 Å². The van der Waals surface area contributed by atoms with Crippen LogP contribution in [0.15, 0.2) is 16.7 Å². The lowest BCUT2D eigenvalue weighted by atomic mass is 9.91. The van der Waals surface area contributed by atoms with Crippen molar-refractivity contribution >= 4 is 5.97 Å². The van der Waals surface area contributed by atoms with Crippen LogP contribution in [0.2, 0.25) is 0 Å². The van der Waals surface area contributed by atoms with Crippen molar-refractivity contribution in [1.82, 2.24) is 14.8 Å². The Labute approximate surface area is 104 Å². The highest BCUT2D eigenvalue weighted by molar-refractivity contribution is 5.86. The molecule has 6 heteroatoms. The van der Waals surface area contributed by atoms with Gasteiger partial charge in [0.2, 0.25) is 11.7 Å². The molecule has 2 rings (SSSR count). The van der Waals surface area contributed by atoms with E-state index in [1.54, 1.807) is 24.0 Å². The monoisotopic (exact) mass is 249 g/mol. The van der Waals surface area contributed by atoms with Crippen LogP contribution in [0.4, 0.5) is 0 Å². The minimum Gasteiger partial charge on any atom is -0.475 e. The molecule has 0 aliphatic rings. The maximum absolute atomic E-state index is 11.2. The average Bonchev–Trinajstić information content (AvgIpc) is 2.81. The molecular formula is C12H15N3O3. The van der Waals surface area contributed by atoms with Crippen LogP contribution in [0.25, 0.3) is 11.6 Å². The van der Waals surface area contributed by atoms with E-state index in [2.05, 4.69) is 10.1 Å². The molecule has 0 aromatic carbocycles. The maximum atomic E-state index is 11.2. The van der Waals surface area contributed by atoms with Crippen molar-refractivity contribution in [2.45, 2.75) is 26.2 Å². The zero-order chi connectivity index (χ0) is 13.5. The number of oxazole rings is 1. The Balaban J connectivity index is 2.56. The predicted molar refractivity (Wildman–Crippen MR) is 64.4 cm³/mol. The zero-order valence-corrected chi connectivity index (χ0v) is 10.8. The van der Waals surface area contributed by atoms with E-state index in [1.807, 2.05) is 20.8 Å². The fraction of sp³-hybridized carbons (Fsp3) is 0.417. The van der Waals surface area contributed by atoms with E-state index in [0.29, 0.717) is 11.4 Å². The van der Waals surface area contributed by atoms with Crippen molar-refractivity contribution in [3.05, 3.63) is 23.7 Å². The van der Waals surface area contributed by atoms with Gasteiger partial charge in [-0.25, -0.2) is 9.78 Å². The highest BCUT2D eigenvalue weighted by atomic mass is 16.4. The van der Waals surface area contributed by atoms with E-state index < -0.39 is 11.4 Å². The first-order valence-electron chi connectivity index (χ1n) is 5.53. The van der Waals surface area contributed by atoms with Gasteiger partial charge >= 0.3 is 5.97 Å². The molecule has 6 nitrogen and oxygen atoms in total. The molecule has 0 saturated carbocycles. The van der Waals surface area contributed by atoms with E-state index in [-0.39, 0.29) is 11.7 Å². The van der Waals surface area contributed by atoms with Gasteiger partial charge in [0.1, 0.15) is 11.4 Å². The second-order valence-corrected chi connectivity index (χ2v) is 5.13. The van der Waals surface area contributed by atoms with Crippen molar-refractivity contribution in [1.29, 1.82) is 0 Å². The summed E-state index contributed by atoms with van der Waals surface area (Å²) in [5.74, 6) is -1.00. The second kappa shape index (κ2) is 3.97. The van der Waals surface area contributed by atoms with Gasteiger partial charge in [0, 0.05) is 18.7 Å². The van der Waals surface area contributed by atoms with Crippen LogP contribution < -0.4 is 0 Å². The Morgan fingerprint density at radius 1 is 1.44 bits per heavy atom. The SMILES string of the molecule is Cn1ccc(-c2nc(C(C)(C)C)c(C(=O)O)o2)n1. The number of aromatic nitrogens is 3. The summed E-state index contributed by atoms with van der Waals surface area (Å²) in [6, 6.07) is 1.73. The second-order valence-electron chi connectivity index (χ2n) is 5.13. The highest BCUT2D eigenvalue weighted by Gasteiger charge is 2.29. The van der Waals surface area contributed by atoms with E-state index >= 15 is 0 Å². The van der Waals surface area contributed by atoms with E-state index in [9.17, 15) is 4.79 Å². The van der Waals surface area contributed by atoms with Gasteiger partial charge in [-0.1, -0.05) is 20.8 Å². The van der Waals surface area contributed by atoms with Crippen LogP contribution in [0.5, 0.6) is 0 Å². The molecule has 0 radical (unpaired) electrons. The van der Waals surface area contributed by atoms with Crippen molar-refractivity contribution in [2.24, 2.45) is 7.05 Å². The van der Waals surface area contributed by atoms with Crippen molar-refractivity contribution in [3.8, 4) is 11.6 Å². The summed E-state index contributed by atoms with van der Waals surface area (Å²) >= 11 is 0. The summed E-state index contributed by atoms with van der Waals surface area (Å²) < 4.78 is 6.92. The van der Waals surface area contributed by atoms with Gasteiger partial charge in [-0.3, -0.25) is 4.68 Å². The Kier molecular flexibility index (Phi) is 2.73. The number of rotatable bonds is 2. The van der Waals surface area contributed by atoms with Crippen LogP contribution >= 0.6 is 0 Å². The first kappa shape index (κ1) is 12.3. The molecule has 0 saturated heterocycles. The topological polar surface area (TPSA) is 81.2 Å². The van der Waals surface area contributed by atoms with Gasteiger partial charge in [0.05, 0.1) is 0 Å². The fourth-order valence-corrected chi connectivity index (χ4v) is 1.61. The number of nitrogens with zero attached hydrogens (tertiary/aromatic N) is 3. The molecule has 0 aliphatic carbocycles. The molecule has 0 spiro atoms. The summed E-state index contributed by atoms with van der Waals surface area (Å²) in [6.45, 7) is 5.67. The van der Waals surface area contributed by atoms with Gasteiger partial charge in [0.15, 0.2) is 0 Å². The number of aromatic carboxylic acids is 1. The number of carboxylic acids is 1. The molecule has 0 fully saturated rings. The Hall–Kier alpha value is -2.11. The molecule has 0 unspecified atom stereocenters. The standard InChI is InChI=1S/C12H15N3O3/c1-12(2,3)9-8(11(16)17)18-10(13-9)7-5-6-15(4)14-7/h5-6H,1-4H3,(H,16,17). The van der Waals surface area contributed by atoms with Crippen LogP contribution in [0.1, 0.15) is 37.0 Å². The number of aryl methyl sites for hydroxylation is 1. The Morgan fingerprint density at radius 2 is 2.11 bits per heavy atom. The summed E-state index contributed by atoms with van der Waals surface area (Å²) in [5, 5.41) is 13.3. The van der Waals surface area contributed by atoms with Crippen LogP contribution in [0, 0.1) is 0 Å². The Bertz CT molecular complexity index is 590. The number of carboxylic acid groups (broad SMARTS) is 1. The number of hydrogen-bond donors (Lipinski definition) is 1. The van der Waals surface area contributed by atoms with E-state index in [0.717, 1.165) is 0 Å². The molecule has 2 aromatic heterocycles. The maximum Gasteiger partial charge on any atom is 0.373 e. The first-order valence-corrected chi connectivity index (χ1v) is 5.53. The zero-order valence-electron chi connectivity index (χ0n) is 10.8. The van der Waals surface area contributed by atoms with Gasteiger partial charge in [-0.15, -0.1) is 0 Å². The molecule has 96 valence electrons. The molecule has 0 amide bonds. The predicted octanol–water partition coefficient (Wildman–Crippen LogP) is 2.07. The third-order valence-corrected chi connectivity index (χ3v) is 2.46. The molecule has 2 aromatic rings. The molecule has 18 heavy (non-hydrogen) atoms. The lowest BCUT2D eigenvalue weighted by molar-refractivity contribution is 0.0659. The number of hydrogen-bond acceptors (Lipinski definition) is 4. The molecule has 2 heterocycles. The smallest absolute Gasteiger partial charge is 0.373 e. The molecule has 0 bridgehead atoms. The first-order chi connectivity index (χ1) is 8.29. The Morgan fingerprint density at radius 3 is 2.50 bits per heavy atom. The van der Waals surface area contributed by atoms with Gasteiger partial charge in [0.25, 0.3) is 0 Å². The minimum absolute atomic E-state index is 0.122. The van der Waals surface area contributed by atoms with Crippen LogP contribution in [-0.2, 0) is 12.5 Å². The lowest BCUT2D eigenvalue weighted by Crippen LogP contribution is -2.16. The van der Waals surface area contributed by atoms with E-state index in [1.165, 1.54) is 0 Å². The molecule has 1 N–H and O–H groups in total. The quantitative estimate of drug-likeness (QED) is 0.881. The average molecular weight is 249 g/mol. The number of carbonyl (C=O) groups is 1. The summed E-state index contributed by atoms with van der Waals surface area (Å²) in [7, 11) is 1.77. The molecule has 0 atom stereocenters. The van der Waals surface area contributed by atoms with Crippen molar-refractivity contribution in [2.75, 3.05) is 0 Å². The van der Waals surface area contributed by atoms with Crippen molar-refractivity contribution < 1.29 is 14.3 Å². The van der Waals surface area contributed by atoms with Gasteiger partial charge < -0.3 is 9.52 Å². The summed E-state index contributed by atoms with van der Waals surface area (Å²) in [4.78, 5) is 15.4. The van der Waals surface area contributed by atoms with Gasteiger partial charge in [-0.2, -0.15) is 5.10 Å². The van der Waals surface area contributed by atoms with Gasteiger partial charge in [-0.05, 0) is 6.07 Å². The molecular weight excluding hydrogens is 234 g/mol.